The molecule has 6 heteroatoms. The number of carbonyl (C=O) groups excluding carboxylic acids is 2. The Morgan fingerprint density at radius 3 is 2.79 bits per heavy atom. The van der Waals surface area contributed by atoms with Crippen molar-refractivity contribution in [1.29, 1.82) is 0 Å². The number of rotatable bonds is 1. The number of aromatic nitrogens is 2. The summed E-state index contributed by atoms with van der Waals surface area (Å²) in [5.74, 6) is 0.128. The van der Waals surface area contributed by atoms with Gasteiger partial charge in [0.2, 0.25) is 11.9 Å². The third-order valence-electron chi connectivity index (χ3n) is 1.92. The molecule has 0 bridgehead atoms. The Bertz CT molecular complexity index is 404. The number of anilines is 2. The van der Waals surface area contributed by atoms with Gasteiger partial charge in [-0.15, -0.1) is 0 Å². The second kappa shape index (κ2) is 3.06. The average Bonchev–Trinajstić information content (AvgIpc) is 2.45. The van der Waals surface area contributed by atoms with E-state index in [0.717, 1.165) is 0 Å². The number of amides is 1. The molecule has 0 unspecified atom stereocenters. The monoisotopic (exact) mass is 192 g/mol. The number of ketones is 1. The Morgan fingerprint density at radius 1 is 1.43 bits per heavy atom. The van der Waals surface area contributed by atoms with Crippen molar-refractivity contribution in [3.05, 3.63) is 12.3 Å². The van der Waals surface area contributed by atoms with Crippen LogP contribution in [0.3, 0.4) is 0 Å². The first-order chi connectivity index (χ1) is 6.66. The minimum absolute atomic E-state index is 0.0517. The zero-order chi connectivity index (χ0) is 10.1. The number of nitrogen functional groups attached to an aromatic ring is 1. The maximum absolute atomic E-state index is 11.3. The molecule has 72 valence electrons. The Labute approximate surface area is 79.7 Å². The molecule has 0 aromatic carbocycles. The lowest BCUT2D eigenvalue weighted by Gasteiger charge is -2.12. The molecule has 2 rings (SSSR count). The minimum atomic E-state index is -0.242. The number of hydrogen-bond donors (Lipinski definition) is 1. The van der Waals surface area contributed by atoms with Gasteiger partial charge in [0.15, 0.2) is 5.78 Å². The molecule has 0 saturated carbocycles. The summed E-state index contributed by atoms with van der Waals surface area (Å²) in [5.41, 5.74) is 5.36. The maximum Gasteiger partial charge on any atom is 0.236 e. The molecule has 1 aromatic rings. The molecular formula is C8H8N4O2. The summed E-state index contributed by atoms with van der Waals surface area (Å²) in [5, 5.41) is 0. The van der Waals surface area contributed by atoms with E-state index in [4.69, 9.17) is 5.73 Å². The van der Waals surface area contributed by atoms with Crippen molar-refractivity contribution in [2.24, 2.45) is 0 Å². The van der Waals surface area contributed by atoms with Gasteiger partial charge in [-0.1, -0.05) is 0 Å². The molecule has 2 heterocycles. The van der Waals surface area contributed by atoms with E-state index in [0.29, 0.717) is 5.82 Å². The van der Waals surface area contributed by atoms with Crippen molar-refractivity contribution in [2.75, 3.05) is 17.2 Å². The average molecular weight is 192 g/mol. The highest BCUT2D eigenvalue weighted by molar-refractivity contribution is 6.14. The summed E-state index contributed by atoms with van der Waals surface area (Å²) in [6.07, 6.45) is 1.40. The maximum atomic E-state index is 11.3. The van der Waals surface area contributed by atoms with Crippen molar-refractivity contribution in [3.63, 3.8) is 0 Å². The molecule has 14 heavy (non-hydrogen) atoms. The molecule has 0 radical (unpaired) electrons. The van der Waals surface area contributed by atoms with Crippen LogP contribution in [0.4, 0.5) is 11.8 Å². The second-order valence-corrected chi connectivity index (χ2v) is 2.97. The van der Waals surface area contributed by atoms with Gasteiger partial charge in [0.1, 0.15) is 5.82 Å². The third-order valence-corrected chi connectivity index (χ3v) is 1.92. The van der Waals surface area contributed by atoms with Crippen LogP contribution in [0.1, 0.15) is 6.42 Å². The fourth-order valence-electron chi connectivity index (χ4n) is 1.31. The lowest BCUT2D eigenvalue weighted by molar-refractivity contribution is -0.121. The quantitative estimate of drug-likeness (QED) is 0.598. The van der Waals surface area contributed by atoms with Gasteiger partial charge in [-0.25, -0.2) is 4.98 Å². The van der Waals surface area contributed by atoms with E-state index in [9.17, 15) is 9.59 Å². The molecule has 1 saturated heterocycles. The van der Waals surface area contributed by atoms with Crippen molar-refractivity contribution >= 4 is 23.5 Å². The molecule has 6 nitrogen and oxygen atoms in total. The second-order valence-electron chi connectivity index (χ2n) is 2.97. The van der Waals surface area contributed by atoms with Gasteiger partial charge in [-0.05, 0) is 6.07 Å². The van der Waals surface area contributed by atoms with E-state index in [1.807, 2.05) is 0 Å². The fourth-order valence-corrected chi connectivity index (χ4v) is 1.31. The van der Waals surface area contributed by atoms with Crippen LogP contribution in [-0.2, 0) is 9.59 Å². The fraction of sp³-hybridized carbons (Fsp3) is 0.250. The standard InChI is InChI=1S/C8H8N4O2/c9-8-10-2-1-6(11-8)12-4-5(13)3-7(12)14/h1-2H,3-4H2,(H2,9,10,11). The molecule has 0 atom stereocenters. The van der Waals surface area contributed by atoms with E-state index in [1.54, 1.807) is 6.07 Å². The first kappa shape index (κ1) is 8.61. The topological polar surface area (TPSA) is 89.2 Å². The Kier molecular flexibility index (Phi) is 1.88. The molecular weight excluding hydrogens is 184 g/mol. The van der Waals surface area contributed by atoms with Crippen LogP contribution in [0.5, 0.6) is 0 Å². The van der Waals surface area contributed by atoms with Gasteiger partial charge in [0.05, 0.1) is 13.0 Å². The Morgan fingerprint density at radius 2 is 2.21 bits per heavy atom. The van der Waals surface area contributed by atoms with Crippen molar-refractivity contribution in [1.82, 2.24) is 9.97 Å². The third kappa shape index (κ3) is 1.41. The molecule has 1 fully saturated rings. The SMILES string of the molecule is Nc1nccc(N2CC(=O)CC2=O)n1. The summed E-state index contributed by atoms with van der Waals surface area (Å²) < 4.78 is 0. The smallest absolute Gasteiger partial charge is 0.236 e. The lowest BCUT2D eigenvalue weighted by atomic mass is 10.3. The van der Waals surface area contributed by atoms with Crippen LogP contribution < -0.4 is 10.6 Å². The van der Waals surface area contributed by atoms with Crippen molar-refractivity contribution in [3.8, 4) is 0 Å². The molecule has 0 aliphatic carbocycles. The molecule has 2 N–H and O–H groups in total. The highest BCUT2D eigenvalue weighted by Gasteiger charge is 2.29. The number of nitrogens with zero attached hydrogens (tertiary/aromatic N) is 3. The van der Waals surface area contributed by atoms with Gasteiger partial charge < -0.3 is 5.73 Å². The van der Waals surface area contributed by atoms with E-state index in [2.05, 4.69) is 9.97 Å². The molecule has 0 spiro atoms. The van der Waals surface area contributed by atoms with Gasteiger partial charge >= 0.3 is 0 Å². The van der Waals surface area contributed by atoms with Gasteiger partial charge in [0, 0.05) is 6.20 Å². The van der Waals surface area contributed by atoms with Gasteiger partial charge in [0.25, 0.3) is 0 Å². The molecule has 1 aliphatic heterocycles. The molecule has 1 aliphatic rings. The summed E-state index contributed by atoms with van der Waals surface area (Å²) in [7, 11) is 0. The summed E-state index contributed by atoms with van der Waals surface area (Å²) in [6.45, 7) is 0.0787. The van der Waals surface area contributed by atoms with Crippen LogP contribution in [0.25, 0.3) is 0 Å². The first-order valence-electron chi connectivity index (χ1n) is 4.07. The largest absolute Gasteiger partial charge is 0.368 e. The molecule has 1 aromatic heterocycles. The Hall–Kier alpha value is -1.98. The van der Waals surface area contributed by atoms with Crippen molar-refractivity contribution < 1.29 is 9.59 Å². The van der Waals surface area contributed by atoms with Crippen LogP contribution in [0.2, 0.25) is 0 Å². The zero-order valence-corrected chi connectivity index (χ0v) is 7.30. The number of carbonyl (C=O) groups is 2. The summed E-state index contributed by atoms with van der Waals surface area (Å²) in [4.78, 5) is 31.1. The van der Waals surface area contributed by atoms with Crippen LogP contribution in [0.15, 0.2) is 12.3 Å². The van der Waals surface area contributed by atoms with E-state index < -0.39 is 0 Å². The van der Waals surface area contributed by atoms with Gasteiger partial charge in [-0.3, -0.25) is 14.5 Å². The van der Waals surface area contributed by atoms with Crippen LogP contribution >= 0.6 is 0 Å². The highest BCUT2D eigenvalue weighted by Crippen LogP contribution is 2.16. The number of Topliss-reactive ketones (excluding diaryl/α,β-unsaturated/α-hetero) is 1. The van der Waals surface area contributed by atoms with Crippen LogP contribution in [-0.4, -0.2) is 28.2 Å². The summed E-state index contributed by atoms with van der Waals surface area (Å²) in [6, 6.07) is 1.55. The predicted octanol–water partition coefficient (Wildman–Crippen LogP) is -0.635. The van der Waals surface area contributed by atoms with E-state index >= 15 is 0 Å². The van der Waals surface area contributed by atoms with Crippen LogP contribution in [0, 0.1) is 0 Å². The van der Waals surface area contributed by atoms with E-state index in [-0.39, 0.29) is 30.6 Å². The molecule has 1 amide bonds. The zero-order valence-electron chi connectivity index (χ0n) is 7.30. The van der Waals surface area contributed by atoms with E-state index in [1.165, 1.54) is 11.1 Å². The first-order valence-corrected chi connectivity index (χ1v) is 4.07. The predicted molar refractivity (Wildman–Crippen MR) is 48.4 cm³/mol. The lowest BCUT2D eigenvalue weighted by Crippen LogP contribution is -2.25. The number of hydrogen-bond acceptors (Lipinski definition) is 5. The minimum Gasteiger partial charge on any atom is -0.368 e. The normalized spacial score (nSPS) is 16.4. The van der Waals surface area contributed by atoms with Crippen molar-refractivity contribution in [2.45, 2.75) is 6.42 Å². The summed E-state index contributed by atoms with van der Waals surface area (Å²) >= 11 is 0. The number of nitrogens with two attached hydrogens (primary N) is 1. The Balaban J connectivity index is 2.31. The van der Waals surface area contributed by atoms with Gasteiger partial charge in [-0.2, -0.15) is 4.98 Å². The highest BCUT2D eigenvalue weighted by atomic mass is 16.2.